The van der Waals surface area contributed by atoms with Crippen molar-refractivity contribution in [1.29, 1.82) is 0 Å². The number of halogens is 1. The fraction of sp³-hybridized carbons (Fsp3) is 0. The van der Waals surface area contributed by atoms with E-state index >= 15 is 0 Å². The Morgan fingerprint density at radius 3 is 2.56 bits per heavy atom. The van der Waals surface area contributed by atoms with Crippen molar-refractivity contribution in [3.8, 4) is 11.1 Å². The Morgan fingerprint density at radius 2 is 1.78 bits per heavy atom. The Hall–Kier alpha value is -2.07. The summed E-state index contributed by atoms with van der Waals surface area (Å²) in [6.45, 7) is 0. The van der Waals surface area contributed by atoms with Crippen LogP contribution in [-0.2, 0) is 0 Å². The second-order valence-corrected chi connectivity index (χ2v) is 5.15. The van der Waals surface area contributed by atoms with Crippen LogP contribution in [0, 0.1) is 5.82 Å². The maximum atomic E-state index is 13.3. The van der Waals surface area contributed by atoms with Gasteiger partial charge in [-0.15, -0.1) is 11.3 Å². The van der Waals surface area contributed by atoms with Gasteiger partial charge in [0.25, 0.3) is 0 Å². The molecule has 3 aromatic rings. The molecule has 0 spiro atoms. The average Bonchev–Trinajstić information content (AvgIpc) is 2.65. The van der Waals surface area contributed by atoms with Gasteiger partial charge in [-0.05, 0) is 29.3 Å². The molecule has 18 heavy (non-hydrogen) atoms. The number of hydrogen-bond acceptors (Lipinski definition) is 3. The predicted octanol–water partition coefficient (Wildman–Crippen LogP) is 3.87. The molecule has 3 rings (SSSR count). The first kappa shape index (κ1) is 11.0. The average molecular weight is 258 g/mol. The number of anilines is 2. The van der Waals surface area contributed by atoms with Gasteiger partial charge in [0.2, 0.25) is 0 Å². The monoisotopic (exact) mass is 258 g/mol. The minimum absolute atomic E-state index is 0.258. The number of benzene rings is 2. The van der Waals surface area contributed by atoms with E-state index in [-0.39, 0.29) is 5.82 Å². The summed E-state index contributed by atoms with van der Waals surface area (Å²) in [6, 6.07) is 12.3. The van der Waals surface area contributed by atoms with Crippen molar-refractivity contribution in [2.75, 3.05) is 11.5 Å². The smallest absolute Gasteiger partial charge is 0.123 e. The summed E-state index contributed by atoms with van der Waals surface area (Å²) < 4.78 is 14.3. The lowest BCUT2D eigenvalue weighted by molar-refractivity contribution is 0.628. The van der Waals surface area contributed by atoms with Crippen LogP contribution in [0.5, 0.6) is 0 Å². The molecular formula is C14H11FN2S. The van der Waals surface area contributed by atoms with Gasteiger partial charge < -0.3 is 11.5 Å². The Balaban J connectivity index is 2.35. The van der Waals surface area contributed by atoms with Crippen LogP contribution in [0.3, 0.4) is 0 Å². The van der Waals surface area contributed by atoms with Gasteiger partial charge in [0.05, 0.1) is 5.69 Å². The van der Waals surface area contributed by atoms with Crippen LogP contribution < -0.4 is 11.5 Å². The normalized spacial score (nSPS) is 10.9. The molecular weight excluding hydrogens is 247 g/mol. The third kappa shape index (κ3) is 1.62. The summed E-state index contributed by atoms with van der Waals surface area (Å²) >= 11 is 1.45. The highest BCUT2D eigenvalue weighted by molar-refractivity contribution is 7.23. The van der Waals surface area contributed by atoms with Crippen LogP contribution >= 0.6 is 11.3 Å². The Labute approximate surface area is 108 Å². The van der Waals surface area contributed by atoms with Crippen LogP contribution in [0.15, 0.2) is 42.5 Å². The van der Waals surface area contributed by atoms with Crippen LogP contribution in [-0.4, -0.2) is 0 Å². The van der Waals surface area contributed by atoms with Crippen molar-refractivity contribution in [2.24, 2.45) is 0 Å². The molecule has 0 aliphatic rings. The minimum Gasteiger partial charge on any atom is -0.396 e. The van der Waals surface area contributed by atoms with E-state index in [1.807, 2.05) is 24.3 Å². The predicted molar refractivity (Wildman–Crippen MR) is 76.0 cm³/mol. The highest BCUT2D eigenvalue weighted by atomic mass is 32.1. The topological polar surface area (TPSA) is 52.0 Å². The first-order valence-corrected chi connectivity index (χ1v) is 6.31. The van der Waals surface area contributed by atoms with Gasteiger partial charge >= 0.3 is 0 Å². The van der Waals surface area contributed by atoms with Gasteiger partial charge in [0.1, 0.15) is 10.8 Å². The molecule has 90 valence electrons. The quantitative estimate of drug-likeness (QED) is 0.696. The molecule has 0 atom stereocenters. The molecule has 2 aromatic carbocycles. The summed E-state index contributed by atoms with van der Waals surface area (Å²) in [7, 11) is 0. The molecule has 0 saturated carbocycles. The molecule has 1 aromatic heterocycles. The summed E-state index contributed by atoms with van der Waals surface area (Å²) in [5, 5.41) is 1.51. The van der Waals surface area contributed by atoms with Crippen LogP contribution in [0.2, 0.25) is 0 Å². The van der Waals surface area contributed by atoms with E-state index in [9.17, 15) is 4.39 Å². The van der Waals surface area contributed by atoms with E-state index in [0.717, 1.165) is 21.2 Å². The van der Waals surface area contributed by atoms with E-state index < -0.39 is 0 Å². The molecule has 0 fully saturated rings. The van der Waals surface area contributed by atoms with Crippen molar-refractivity contribution < 1.29 is 4.39 Å². The summed E-state index contributed by atoms with van der Waals surface area (Å²) in [6.07, 6.45) is 0. The summed E-state index contributed by atoms with van der Waals surface area (Å²) in [4.78, 5) is 0. The van der Waals surface area contributed by atoms with Crippen molar-refractivity contribution in [1.82, 2.24) is 0 Å². The van der Waals surface area contributed by atoms with E-state index in [4.69, 9.17) is 11.5 Å². The number of thiophene rings is 1. The molecule has 0 saturated heterocycles. The molecule has 0 radical (unpaired) electrons. The van der Waals surface area contributed by atoms with Gasteiger partial charge in [0.15, 0.2) is 0 Å². The Bertz CT molecular complexity index is 734. The van der Waals surface area contributed by atoms with Crippen molar-refractivity contribution >= 4 is 32.1 Å². The highest BCUT2D eigenvalue weighted by Crippen LogP contribution is 2.41. The highest BCUT2D eigenvalue weighted by Gasteiger charge is 2.12. The zero-order chi connectivity index (χ0) is 12.7. The van der Waals surface area contributed by atoms with Gasteiger partial charge in [0, 0.05) is 10.1 Å². The minimum atomic E-state index is -0.258. The number of nitrogens with two attached hydrogens (primary N) is 2. The first-order valence-electron chi connectivity index (χ1n) is 5.49. The lowest BCUT2D eigenvalue weighted by Gasteiger charge is -2.05. The van der Waals surface area contributed by atoms with Crippen LogP contribution in [0.4, 0.5) is 15.1 Å². The van der Waals surface area contributed by atoms with Gasteiger partial charge in [-0.2, -0.15) is 0 Å². The van der Waals surface area contributed by atoms with E-state index in [2.05, 4.69) is 0 Å². The number of rotatable bonds is 1. The molecule has 2 nitrogen and oxygen atoms in total. The van der Waals surface area contributed by atoms with E-state index in [1.54, 1.807) is 6.07 Å². The number of fused-ring (bicyclic) bond motifs is 1. The standard InChI is InChI=1S/C14H11FN2S/c15-9-4-1-3-8(7-9)10-5-2-6-11-12(10)13(16)14(17)18-11/h1-7H,16-17H2. The maximum Gasteiger partial charge on any atom is 0.123 e. The van der Waals surface area contributed by atoms with Crippen LogP contribution in [0.1, 0.15) is 0 Å². The largest absolute Gasteiger partial charge is 0.396 e. The molecule has 0 bridgehead atoms. The summed E-state index contributed by atoms with van der Waals surface area (Å²) in [5.41, 5.74) is 14.2. The first-order chi connectivity index (χ1) is 8.66. The van der Waals surface area contributed by atoms with Crippen molar-refractivity contribution in [3.05, 3.63) is 48.3 Å². The maximum absolute atomic E-state index is 13.3. The third-order valence-corrected chi connectivity index (χ3v) is 3.92. The Morgan fingerprint density at radius 1 is 1.00 bits per heavy atom. The Kier molecular flexibility index (Phi) is 2.45. The molecule has 0 amide bonds. The fourth-order valence-corrected chi connectivity index (χ4v) is 3.00. The second kappa shape index (κ2) is 3.99. The fourth-order valence-electron chi connectivity index (χ4n) is 2.09. The van der Waals surface area contributed by atoms with E-state index in [0.29, 0.717) is 10.7 Å². The third-order valence-electron chi connectivity index (χ3n) is 2.92. The van der Waals surface area contributed by atoms with E-state index in [1.165, 1.54) is 23.5 Å². The zero-order valence-electron chi connectivity index (χ0n) is 9.48. The van der Waals surface area contributed by atoms with Gasteiger partial charge in [-0.25, -0.2) is 4.39 Å². The molecule has 0 aliphatic carbocycles. The lowest BCUT2D eigenvalue weighted by Crippen LogP contribution is -1.90. The lowest BCUT2D eigenvalue weighted by atomic mass is 10.0. The number of nitrogen functional groups attached to an aromatic ring is 2. The van der Waals surface area contributed by atoms with Gasteiger partial charge in [-0.1, -0.05) is 24.3 Å². The number of hydrogen-bond donors (Lipinski definition) is 2. The molecule has 4 heteroatoms. The van der Waals surface area contributed by atoms with Crippen molar-refractivity contribution in [3.63, 3.8) is 0 Å². The van der Waals surface area contributed by atoms with Crippen molar-refractivity contribution in [2.45, 2.75) is 0 Å². The van der Waals surface area contributed by atoms with Crippen LogP contribution in [0.25, 0.3) is 21.2 Å². The van der Waals surface area contributed by atoms with Gasteiger partial charge in [-0.3, -0.25) is 0 Å². The zero-order valence-corrected chi connectivity index (χ0v) is 10.3. The molecule has 4 N–H and O–H groups in total. The SMILES string of the molecule is Nc1sc2cccc(-c3cccc(F)c3)c2c1N. The molecule has 0 unspecified atom stereocenters. The summed E-state index contributed by atoms with van der Waals surface area (Å²) in [5.74, 6) is -0.258. The second-order valence-electron chi connectivity index (χ2n) is 4.07. The molecule has 1 heterocycles. The molecule has 0 aliphatic heterocycles.